The second-order valence-electron chi connectivity index (χ2n) is 6.58. The number of anilines is 1. The van der Waals surface area contributed by atoms with Crippen LogP contribution in [0.2, 0.25) is 0 Å². The molecule has 1 amide bonds. The molecule has 2 aromatic heterocycles. The Hall–Kier alpha value is -2.51. The highest BCUT2D eigenvalue weighted by molar-refractivity contribution is 9.10. The number of ether oxygens (including phenoxy) is 1. The molecule has 3 aromatic rings. The maximum atomic E-state index is 13.0. The van der Waals surface area contributed by atoms with E-state index in [1.165, 1.54) is 11.3 Å². The summed E-state index contributed by atoms with van der Waals surface area (Å²) in [6, 6.07) is 14.6. The lowest BCUT2D eigenvalue weighted by Crippen LogP contribution is -2.31. The molecule has 0 aliphatic carbocycles. The summed E-state index contributed by atoms with van der Waals surface area (Å²) in [6.45, 7) is 2.00. The molecule has 4 rings (SSSR count). The van der Waals surface area contributed by atoms with Crippen molar-refractivity contribution in [2.24, 2.45) is 5.92 Å². The normalized spacial score (nSPS) is 19.1. The number of carbonyl (C=O) groups excluding carboxylic acids is 2. The first kappa shape index (κ1) is 18.8. The van der Waals surface area contributed by atoms with Gasteiger partial charge >= 0.3 is 5.97 Å². The number of benzene rings is 1. The number of aryl methyl sites for hydroxylation is 1. The van der Waals surface area contributed by atoms with Gasteiger partial charge in [0.15, 0.2) is 5.75 Å². The minimum Gasteiger partial charge on any atom is -0.423 e. The highest BCUT2D eigenvalue weighted by atomic mass is 79.9. The van der Waals surface area contributed by atoms with E-state index in [1.807, 2.05) is 48.7 Å². The fourth-order valence-electron chi connectivity index (χ4n) is 3.37. The van der Waals surface area contributed by atoms with Gasteiger partial charge in [-0.15, -0.1) is 11.3 Å². The van der Waals surface area contributed by atoms with Crippen molar-refractivity contribution in [3.05, 3.63) is 75.2 Å². The molecule has 0 spiro atoms. The van der Waals surface area contributed by atoms with Gasteiger partial charge in [0, 0.05) is 23.2 Å². The highest BCUT2D eigenvalue weighted by Crippen LogP contribution is 2.43. The second kappa shape index (κ2) is 7.85. The topological polar surface area (TPSA) is 59.5 Å². The summed E-state index contributed by atoms with van der Waals surface area (Å²) in [5, 5.41) is 1.95. The number of rotatable bonds is 4. The molecule has 2 unspecified atom stereocenters. The van der Waals surface area contributed by atoms with Crippen LogP contribution in [-0.2, 0) is 9.59 Å². The first-order chi connectivity index (χ1) is 13.5. The van der Waals surface area contributed by atoms with Crippen LogP contribution >= 0.6 is 27.3 Å². The van der Waals surface area contributed by atoms with E-state index in [1.54, 1.807) is 23.2 Å². The molecule has 1 aliphatic heterocycles. The van der Waals surface area contributed by atoms with Gasteiger partial charge in [-0.05, 0) is 58.6 Å². The average Bonchev–Trinajstić information content (AvgIpc) is 3.32. The Morgan fingerprint density at radius 2 is 2.00 bits per heavy atom. The van der Waals surface area contributed by atoms with E-state index in [2.05, 4.69) is 20.9 Å². The summed E-state index contributed by atoms with van der Waals surface area (Å²) >= 11 is 4.82. The summed E-state index contributed by atoms with van der Waals surface area (Å²) in [7, 11) is 0. The Kier molecular flexibility index (Phi) is 5.28. The van der Waals surface area contributed by atoms with Crippen LogP contribution in [0.15, 0.2) is 64.7 Å². The van der Waals surface area contributed by atoms with Gasteiger partial charge in [0.05, 0.1) is 12.0 Å². The minimum atomic E-state index is -0.598. The molecule has 142 valence electrons. The predicted octanol–water partition coefficient (Wildman–Crippen LogP) is 4.91. The fourth-order valence-corrected chi connectivity index (χ4v) is 4.58. The van der Waals surface area contributed by atoms with Gasteiger partial charge in [0.2, 0.25) is 5.91 Å². The summed E-state index contributed by atoms with van der Waals surface area (Å²) in [6.07, 6.45) is 1.71. The van der Waals surface area contributed by atoms with Crippen molar-refractivity contribution in [1.82, 2.24) is 4.98 Å². The molecule has 3 heterocycles. The van der Waals surface area contributed by atoms with E-state index in [0.717, 1.165) is 16.1 Å². The first-order valence-corrected chi connectivity index (χ1v) is 10.5. The number of aromatic nitrogens is 1. The van der Waals surface area contributed by atoms with Crippen molar-refractivity contribution in [1.29, 1.82) is 0 Å². The lowest BCUT2D eigenvalue weighted by Gasteiger charge is -2.27. The van der Waals surface area contributed by atoms with Gasteiger partial charge in [-0.2, -0.15) is 0 Å². The van der Waals surface area contributed by atoms with Crippen LogP contribution < -0.4 is 9.64 Å². The van der Waals surface area contributed by atoms with Crippen LogP contribution in [0.3, 0.4) is 0 Å². The van der Waals surface area contributed by atoms with Crippen LogP contribution in [0.1, 0.15) is 22.9 Å². The lowest BCUT2D eigenvalue weighted by atomic mass is 9.98. The standard InChI is InChI=1S/C21H17BrN2O3S/c1-13-6-8-14(9-7-13)24-18(25)12-15(19(24)17-5-3-11-28-17)21(26)27-16-4-2-10-23-20(16)22/h2-11,15,19H,12H2,1H3. The Bertz CT molecular complexity index is 1000. The van der Waals surface area contributed by atoms with Crippen molar-refractivity contribution in [2.45, 2.75) is 19.4 Å². The van der Waals surface area contributed by atoms with Crippen molar-refractivity contribution < 1.29 is 14.3 Å². The molecule has 1 aliphatic rings. The zero-order valence-corrected chi connectivity index (χ0v) is 17.4. The van der Waals surface area contributed by atoms with Crippen LogP contribution in [0, 0.1) is 12.8 Å². The Labute approximate surface area is 175 Å². The van der Waals surface area contributed by atoms with E-state index in [9.17, 15) is 9.59 Å². The van der Waals surface area contributed by atoms with Gasteiger partial charge in [0.25, 0.3) is 0 Å². The number of carbonyl (C=O) groups is 2. The SMILES string of the molecule is Cc1ccc(N2C(=O)CC(C(=O)Oc3cccnc3Br)C2c2cccs2)cc1. The predicted molar refractivity (Wildman–Crippen MR) is 111 cm³/mol. The number of pyridine rings is 1. The molecule has 0 radical (unpaired) electrons. The third-order valence-corrected chi connectivity index (χ3v) is 6.25. The van der Waals surface area contributed by atoms with Gasteiger partial charge in [0.1, 0.15) is 4.60 Å². The molecule has 0 N–H and O–H groups in total. The van der Waals surface area contributed by atoms with Crippen LogP contribution in [0.4, 0.5) is 5.69 Å². The van der Waals surface area contributed by atoms with E-state index in [-0.39, 0.29) is 12.3 Å². The molecule has 28 heavy (non-hydrogen) atoms. The third-order valence-electron chi connectivity index (χ3n) is 4.71. The molecule has 2 atom stereocenters. The van der Waals surface area contributed by atoms with Gasteiger partial charge in [-0.25, -0.2) is 4.98 Å². The zero-order valence-electron chi connectivity index (χ0n) is 15.0. The smallest absolute Gasteiger partial charge is 0.317 e. The maximum Gasteiger partial charge on any atom is 0.317 e. The zero-order chi connectivity index (χ0) is 19.7. The Balaban J connectivity index is 1.68. The van der Waals surface area contributed by atoms with Gasteiger partial charge in [-0.3, -0.25) is 9.59 Å². The summed E-state index contributed by atoms with van der Waals surface area (Å²) in [4.78, 5) is 32.7. The number of amides is 1. The van der Waals surface area contributed by atoms with Crippen molar-refractivity contribution in [3.63, 3.8) is 0 Å². The van der Waals surface area contributed by atoms with E-state index >= 15 is 0 Å². The van der Waals surface area contributed by atoms with Crippen LogP contribution in [0.25, 0.3) is 0 Å². The van der Waals surface area contributed by atoms with Gasteiger partial charge in [-0.1, -0.05) is 23.8 Å². The molecular weight excluding hydrogens is 440 g/mol. The van der Waals surface area contributed by atoms with E-state index in [0.29, 0.717) is 10.4 Å². The second-order valence-corrected chi connectivity index (χ2v) is 8.31. The Morgan fingerprint density at radius 1 is 1.21 bits per heavy atom. The largest absolute Gasteiger partial charge is 0.423 e. The number of esters is 1. The number of halogens is 1. The monoisotopic (exact) mass is 456 g/mol. The summed E-state index contributed by atoms with van der Waals surface area (Å²) in [5.74, 6) is -0.775. The van der Waals surface area contributed by atoms with Crippen molar-refractivity contribution in [3.8, 4) is 5.75 Å². The molecule has 0 saturated carbocycles. The Morgan fingerprint density at radius 3 is 2.68 bits per heavy atom. The maximum absolute atomic E-state index is 13.0. The molecule has 1 saturated heterocycles. The molecular formula is C21H17BrN2O3S. The molecule has 7 heteroatoms. The van der Waals surface area contributed by atoms with Crippen molar-refractivity contribution >= 4 is 44.8 Å². The first-order valence-electron chi connectivity index (χ1n) is 8.79. The highest BCUT2D eigenvalue weighted by Gasteiger charge is 2.46. The summed E-state index contributed by atoms with van der Waals surface area (Å²) < 4.78 is 6.04. The quantitative estimate of drug-likeness (QED) is 0.413. The number of thiophene rings is 1. The molecule has 1 fully saturated rings. The lowest BCUT2D eigenvalue weighted by molar-refractivity contribution is -0.139. The fraction of sp³-hybridized carbons (Fsp3) is 0.190. The van der Waals surface area contributed by atoms with Gasteiger partial charge < -0.3 is 9.64 Å². The van der Waals surface area contributed by atoms with Crippen LogP contribution in [-0.4, -0.2) is 16.9 Å². The number of hydrogen-bond donors (Lipinski definition) is 0. The third kappa shape index (κ3) is 3.59. The molecule has 5 nitrogen and oxygen atoms in total. The van der Waals surface area contributed by atoms with Crippen LogP contribution in [0.5, 0.6) is 5.75 Å². The molecule has 0 bridgehead atoms. The van der Waals surface area contributed by atoms with E-state index < -0.39 is 17.9 Å². The summed E-state index contributed by atoms with van der Waals surface area (Å²) in [5.41, 5.74) is 1.90. The number of hydrogen-bond acceptors (Lipinski definition) is 5. The van der Waals surface area contributed by atoms with E-state index in [4.69, 9.17) is 4.74 Å². The number of nitrogens with zero attached hydrogens (tertiary/aromatic N) is 2. The molecule has 1 aromatic carbocycles. The van der Waals surface area contributed by atoms with Crippen molar-refractivity contribution in [2.75, 3.05) is 4.90 Å². The average molecular weight is 457 g/mol. The minimum absolute atomic E-state index is 0.0885.